The Morgan fingerprint density at radius 3 is 2.00 bits per heavy atom. The van der Waals surface area contributed by atoms with Gasteiger partial charge in [-0.1, -0.05) is 62.4 Å². The molecule has 33 heavy (non-hydrogen) atoms. The number of nitrogens with one attached hydrogen (secondary N) is 2. The van der Waals surface area contributed by atoms with E-state index in [4.69, 9.17) is 9.84 Å². The number of carboxylic acids is 1. The summed E-state index contributed by atoms with van der Waals surface area (Å²) in [6, 6.07) is 12.4. The Morgan fingerprint density at radius 1 is 0.970 bits per heavy atom. The summed E-state index contributed by atoms with van der Waals surface area (Å²) in [6.45, 7) is 3.10. The van der Waals surface area contributed by atoms with E-state index in [1.54, 1.807) is 13.8 Å². The maximum atomic E-state index is 13.4. The first kappa shape index (κ1) is 24.2. The maximum absolute atomic E-state index is 13.4. The number of aliphatic carboxylic acids is 1. The van der Waals surface area contributed by atoms with Crippen LogP contribution in [0, 0.1) is 5.92 Å². The number of rotatable bonds is 9. The highest BCUT2D eigenvalue weighted by Gasteiger charge is 2.31. The second-order valence-corrected chi connectivity index (χ2v) is 8.24. The van der Waals surface area contributed by atoms with Gasteiger partial charge in [0, 0.05) is 5.92 Å². The molecule has 0 aliphatic heterocycles. The molecule has 2 atom stereocenters. The van der Waals surface area contributed by atoms with E-state index >= 15 is 0 Å². The van der Waals surface area contributed by atoms with Crippen molar-refractivity contribution in [3.05, 3.63) is 59.7 Å². The van der Waals surface area contributed by atoms with Gasteiger partial charge in [0.2, 0.25) is 5.91 Å². The Balaban J connectivity index is 1.61. The van der Waals surface area contributed by atoms with E-state index in [-0.39, 0.29) is 12.5 Å². The van der Waals surface area contributed by atoms with E-state index in [0.717, 1.165) is 22.3 Å². The molecule has 0 spiro atoms. The van der Waals surface area contributed by atoms with Crippen LogP contribution in [0.25, 0.3) is 11.1 Å². The molecular formula is C24H26F2N2O5. The summed E-state index contributed by atoms with van der Waals surface area (Å²) in [7, 11) is 0. The van der Waals surface area contributed by atoms with Crippen molar-refractivity contribution in [2.75, 3.05) is 6.61 Å². The molecule has 1 aliphatic carbocycles. The fraction of sp³-hybridized carbons (Fsp3) is 0.375. The number of fused-ring (bicyclic) bond motifs is 3. The predicted octanol–water partition coefficient (Wildman–Crippen LogP) is 3.77. The molecule has 0 radical (unpaired) electrons. The monoisotopic (exact) mass is 460 g/mol. The number of alkyl halides is 2. The lowest BCUT2D eigenvalue weighted by Gasteiger charge is -2.21. The molecule has 9 heteroatoms. The topological polar surface area (TPSA) is 105 Å². The van der Waals surface area contributed by atoms with Gasteiger partial charge in [-0.3, -0.25) is 4.79 Å². The van der Waals surface area contributed by atoms with Gasteiger partial charge in [0.05, 0.1) is 6.42 Å². The number of hydrogen-bond acceptors (Lipinski definition) is 4. The largest absolute Gasteiger partial charge is 0.480 e. The number of carbonyl (C=O) groups excluding carboxylic acids is 2. The summed E-state index contributed by atoms with van der Waals surface area (Å²) < 4.78 is 32.1. The molecular weight excluding hydrogens is 434 g/mol. The standard InChI is InChI=1S/C24H26F2N2O5/c1-13(2)21(23(30)31)28-20(29)11-19(22(25)26)27-24(32)33-12-18-16-9-5-3-7-14(16)15-8-4-6-10-17(15)18/h3-10,13,18-19,21-22H,11-12H2,1-2H3,(H,27,32)(H,28,29)(H,30,31)/t19?,21-/m1/s1. The fourth-order valence-corrected chi connectivity index (χ4v) is 3.94. The van der Waals surface area contributed by atoms with Crippen LogP contribution < -0.4 is 10.6 Å². The van der Waals surface area contributed by atoms with Crippen LogP contribution in [0.15, 0.2) is 48.5 Å². The van der Waals surface area contributed by atoms with Crippen molar-refractivity contribution in [2.24, 2.45) is 5.92 Å². The molecule has 0 fully saturated rings. The molecule has 0 heterocycles. The van der Waals surface area contributed by atoms with Crippen molar-refractivity contribution in [1.29, 1.82) is 0 Å². The molecule has 7 nitrogen and oxygen atoms in total. The summed E-state index contributed by atoms with van der Waals surface area (Å²) in [5.74, 6) is -2.85. The van der Waals surface area contributed by atoms with Crippen LogP contribution >= 0.6 is 0 Å². The molecule has 0 bridgehead atoms. The number of carboxylic acid groups (broad SMARTS) is 1. The van der Waals surface area contributed by atoms with Crippen molar-refractivity contribution < 1.29 is 33.0 Å². The number of ether oxygens (including phenoxy) is 1. The van der Waals surface area contributed by atoms with Gasteiger partial charge in [0.1, 0.15) is 18.7 Å². The highest BCUT2D eigenvalue weighted by Crippen LogP contribution is 2.44. The third-order valence-corrected chi connectivity index (χ3v) is 5.61. The lowest BCUT2D eigenvalue weighted by atomic mass is 9.98. The summed E-state index contributed by atoms with van der Waals surface area (Å²) in [6.07, 6.45) is -4.90. The molecule has 1 aliphatic rings. The highest BCUT2D eigenvalue weighted by atomic mass is 19.3. The molecule has 0 aromatic heterocycles. The molecule has 1 unspecified atom stereocenters. The van der Waals surface area contributed by atoms with Crippen LogP contribution in [-0.2, 0) is 14.3 Å². The van der Waals surface area contributed by atoms with Gasteiger partial charge in [0.15, 0.2) is 0 Å². The number of carbonyl (C=O) groups is 3. The van der Waals surface area contributed by atoms with Crippen LogP contribution in [0.5, 0.6) is 0 Å². The smallest absolute Gasteiger partial charge is 0.407 e. The van der Waals surface area contributed by atoms with Crippen molar-refractivity contribution in [1.82, 2.24) is 10.6 Å². The van der Waals surface area contributed by atoms with Crippen LogP contribution in [0.4, 0.5) is 13.6 Å². The van der Waals surface area contributed by atoms with E-state index in [1.165, 1.54) is 0 Å². The Kier molecular flexibility index (Phi) is 7.63. The summed E-state index contributed by atoms with van der Waals surface area (Å²) in [5.41, 5.74) is 4.01. The van der Waals surface area contributed by atoms with Gasteiger partial charge in [-0.2, -0.15) is 0 Å². The number of amides is 2. The molecule has 3 rings (SSSR count). The molecule has 2 aromatic rings. The quantitative estimate of drug-likeness (QED) is 0.528. The third-order valence-electron chi connectivity index (χ3n) is 5.61. The van der Waals surface area contributed by atoms with E-state index in [1.807, 2.05) is 53.8 Å². The number of benzene rings is 2. The fourth-order valence-electron chi connectivity index (χ4n) is 3.94. The highest BCUT2D eigenvalue weighted by molar-refractivity contribution is 5.84. The van der Waals surface area contributed by atoms with Crippen LogP contribution in [0.2, 0.25) is 0 Å². The molecule has 0 saturated heterocycles. The molecule has 0 saturated carbocycles. The van der Waals surface area contributed by atoms with Crippen molar-refractivity contribution in [3.8, 4) is 11.1 Å². The summed E-state index contributed by atoms with van der Waals surface area (Å²) in [4.78, 5) is 35.6. The number of hydrogen-bond donors (Lipinski definition) is 3. The van der Waals surface area contributed by atoms with Crippen LogP contribution in [0.1, 0.15) is 37.3 Å². The van der Waals surface area contributed by atoms with E-state index in [0.29, 0.717) is 0 Å². The zero-order valence-electron chi connectivity index (χ0n) is 18.3. The van der Waals surface area contributed by atoms with Gasteiger partial charge >= 0.3 is 12.1 Å². The average Bonchev–Trinajstić information content (AvgIpc) is 3.09. The van der Waals surface area contributed by atoms with Gasteiger partial charge in [-0.25, -0.2) is 18.4 Å². The van der Waals surface area contributed by atoms with Gasteiger partial charge in [-0.05, 0) is 28.2 Å². The second kappa shape index (κ2) is 10.4. The first-order valence-electron chi connectivity index (χ1n) is 10.6. The molecule has 2 amide bonds. The summed E-state index contributed by atoms with van der Waals surface area (Å²) >= 11 is 0. The minimum absolute atomic E-state index is 0.0591. The average molecular weight is 460 g/mol. The first-order chi connectivity index (χ1) is 15.7. The number of alkyl carbamates (subject to hydrolysis) is 1. The zero-order valence-corrected chi connectivity index (χ0v) is 18.3. The van der Waals surface area contributed by atoms with Gasteiger partial charge in [0.25, 0.3) is 6.43 Å². The van der Waals surface area contributed by atoms with Crippen molar-refractivity contribution in [3.63, 3.8) is 0 Å². The van der Waals surface area contributed by atoms with Crippen LogP contribution in [0.3, 0.4) is 0 Å². The number of halogens is 2. The molecule has 176 valence electrons. The molecule has 2 aromatic carbocycles. The van der Waals surface area contributed by atoms with Gasteiger partial charge < -0.3 is 20.5 Å². The second-order valence-electron chi connectivity index (χ2n) is 8.24. The Labute approximate surface area is 190 Å². The van der Waals surface area contributed by atoms with E-state index in [9.17, 15) is 23.2 Å². The van der Waals surface area contributed by atoms with E-state index < -0.39 is 48.8 Å². The van der Waals surface area contributed by atoms with Gasteiger partial charge in [-0.15, -0.1) is 0 Å². The normalized spacial score (nSPS) is 14.4. The third kappa shape index (κ3) is 5.66. The minimum atomic E-state index is -3.04. The Hall–Kier alpha value is -3.49. The lowest BCUT2D eigenvalue weighted by Crippen LogP contribution is -2.48. The molecule has 3 N–H and O–H groups in total. The Bertz CT molecular complexity index is 982. The Morgan fingerprint density at radius 2 is 1.52 bits per heavy atom. The van der Waals surface area contributed by atoms with Crippen molar-refractivity contribution in [2.45, 2.75) is 44.7 Å². The summed E-state index contributed by atoms with van der Waals surface area (Å²) in [5, 5.41) is 13.4. The van der Waals surface area contributed by atoms with Crippen molar-refractivity contribution >= 4 is 18.0 Å². The lowest BCUT2D eigenvalue weighted by molar-refractivity contribution is -0.143. The maximum Gasteiger partial charge on any atom is 0.407 e. The minimum Gasteiger partial charge on any atom is -0.480 e. The predicted molar refractivity (Wildman–Crippen MR) is 117 cm³/mol. The van der Waals surface area contributed by atoms with Crippen LogP contribution in [-0.4, -0.2) is 48.2 Å². The zero-order chi connectivity index (χ0) is 24.1. The first-order valence-corrected chi connectivity index (χ1v) is 10.6. The SMILES string of the molecule is CC(C)[C@@H](NC(=O)CC(NC(=O)OCC1c2ccccc2-c2ccccc21)C(F)F)C(=O)O. The van der Waals surface area contributed by atoms with E-state index in [2.05, 4.69) is 5.32 Å².